The van der Waals surface area contributed by atoms with E-state index in [9.17, 15) is 10.1 Å². The van der Waals surface area contributed by atoms with Gasteiger partial charge < -0.3 is 25.8 Å². The Kier molecular flexibility index (Phi) is 6.81. The van der Waals surface area contributed by atoms with E-state index < -0.39 is 17.9 Å². The van der Waals surface area contributed by atoms with Gasteiger partial charge in [0.2, 0.25) is 0 Å². The van der Waals surface area contributed by atoms with Crippen LogP contribution in [0.4, 0.5) is 14.9 Å². The maximum Gasteiger partial charge on any atom is 0.437 e. The lowest BCUT2D eigenvalue weighted by Gasteiger charge is -2.34. The molecule has 162 valence electrons. The van der Waals surface area contributed by atoms with Crippen molar-refractivity contribution >= 4 is 17.7 Å². The van der Waals surface area contributed by atoms with Crippen molar-refractivity contribution in [2.45, 2.75) is 25.4 Å². The number of amides is 1. The number of aliphatic imine (C=N–C) groups is 1. The smallest absolute Gasteiger partial charge is 0.437 e. The predicted molar refractivity (Wildman–Crippen MR) is 110 cm³/mol. The van der Waals surface area contributed by atoms with Crippen molar-refractivity contribution in [3.05, 3.63) is 47.3 Å². The zero-order chi connectivity index (χ0) is 22.4. The number of guanidine groups is 1. The van der Waals surface area contributed by atoms with E-state index in [0.717, 1.165) is 0 Å². The SMILES string of the molecule is COc1cnc(C2CCN(c3c(C#N)ccc(COC(=O)N=C(N)N)c3F)CC2)nc1. The molecule has 0 atom stereocenters. The summed E-state index contributed by atoms with van der Waals surface area (Å²) >= 11 is 0. The second kappa shape index (κ2) is 9.71. The van der Waals surface area contributed by atoms with Gasteiger partial charge in [-0.3, -0.25) is 0 Å². The number of methoxy groups -OCH3 is 1. The average Bonchev–Trinajstić information content (AvgIpc) is 2.78. The maximum absolute atomic E-state index is 15.2. The number of hydrogen-bond acceptors (Lipinski definition) is 7. The Morgan fingerprint density at radius 1 is 1.32 bits per heavy atom. The lowest BCUT2D eigenvalue weighted by molar-refractivity contribution is 0.149. The van der Waals surface area contributed by atoms with Gasteiger partial charge in [0, 0.05) is 24.6 Å². The van der Waals surface area contributed by atoms with Crippen LogP contribution in [-0.4, -0.2) is 42.2 Å². The zero-order valence-corrected chi connectivity index (χ0v) is 16.9. The molecule has 2 aromatic rings. The summed E-state index contributed by atoms with van der Waals surface area (Å²) in [4.78, 5) is 25.2. The van der Waals surface area contributed by atoms with Gasteiger partial charge in [0.15, 0.2) is 17.5 Å². The standard InChI is InChI=1S/C20H22FN7O3/c1-30-15-9-25-18(26-10-15)12-4-6-28(7-5-12)17-13(8-22)2-3-14(16(17)21)11-31-20(29)27-19(23)24/h2-3,9-10,12H,4-7,11H2,1H3,(H4,23,24,27,29). The molecule has 10 nitrogen and oxygen atoms in total. The van der Waals surface area contributed by atoms with Gasteiger partial charge in [-0.2, -0.15) is 5.26 Å². The third-order valence-electron chi connectivity index (χ3n) is 4.95. The first-order valence-electron chi connectivity index (χ1n) is 9.51. The summed E-state index contributed by atoms with van der Waals surface area (Å²) in [5.74, 6) is 0.353. The van der Waals surface area contributed by atoms with Crippen molar-refractivity contribution in [2.24, 2.45) is 16.5 Å². The molecule has 0 aliphatic carbocycles. The zero-order valence-electron chi connectivity index (χ0n) is 16.9. The van der Waals surface area contributed by atoms with E-state index in [2.05, 4.69) is 15.0 Å². The van der Waals surface area contributed by atoms with Gasteiger partial charge in [0.05, 0.1) is 30.8 Å². The van der Waals surface area contributed by atoms with Crippen LogP contribution in [0.3, 0.4) is 0 Å². The van der Waals surface area contributed by atoms with Crippen LogP contribution < -0.4 is 21.1 Å². The summed E-state index contributed by atoms with van der Waals surface area (Å²) in [6.07, 6.45) is 3.61. The number of aromatic nitrogens is 2. The Bertz CT molecular complexity index is 1010. The van der Waals surface area contributed by atoms with Gasteiger partial charge in [-0.05, 0) is 18.9 Å². The minimum absolute atomic E-state index is 0.119. The molecule has 31 heavy (non-hydrogen) atoms. The Morgan fingerprint density at radius 2 is 2.00 bits per heavy atom. The molecule has 1 aliphatic rings. The molecular weight excluding hydrogens is 405 g/mol. The van der Waals surface area contributed by atoms with E-state index in [0.29, 0.717) is 37.5 Å². The second-order valence-electron chi connectivity index (χ2n) is 6.88. The molecule has 1 saturated heterocycles. The summed E-state index contributed by atoms with van der Waals surface area (Å²) in [6.45, 7) is 0.669. The second-order valence-corrected chi connectivity index (χ2v) is 6.88. The Labute approximate surface area is 178 Å². The fraction of sp³-hybridized carbons (Fsp3) is 0.350. The summed E-state index contributed by atoms with van der Waals surface area (Å²) in [5, 5.41) is 9.45. The van der Waals surface area contributed by atoms with Crippen LogP contribution in [-0.2, 0) is 11.3 Å². The van der Waals surface area contributed by atoms with Crippen molar-refractivity contribution in [1.29, 1.82) is 5.26 Å². The van der Waals surface area contributed by atoms with Crippen molar-refractivity contribution < 1.29 is 18.7 Å². The van der Waals surface area contributed by atoms with Gasteiger partial charge in [-0.1, -0.05) is 6.07 Å². The maximum atomic E-state index is 15.2. The quantitative estimate of drug-likeness (QED) is 0.537. The molecular formula is C20H22FN7O3. The largest absolute Gasteiger partial charge is 0.494 e. The molecule has 1 aliphatic heterocycles. The number of nitrogens with two attached hydrogens (primary N) is 2. The number of benzene rings is 1. The number of nitrogens with zero attached hydrogens (tertiary/aromatic N) is 5. The van der Waals surface area contributed by atoms with E-state index in [1.165, 1.54) is 12.1 Å². The first-order valence-corrected chi connectivity index (χ1v) is 9.51. The van der Waals surface area contributed by atoms with Crippen molar-refractivity contribution in [2.75, 3.05) is 25.1 Å². The lowest BCUT2D eigenvalue weighted by atomic mass is 9.94. The number of halogens is 1. The van der Waals surface area contributed by atoms with Gasteiger partial charge in [0.25, 0.3) is 0 Å². The van der Waals surface area contributed by atoms with E-state index >= 15 is 4.39 Å². The summed E-state index contributed by atoms with van der Waals surface area (Å²) in [6, 6.07) is 4.93. The molecule has 2 heterocycles. The highest BCUT2D eigenvalue weighted by Crippen LogP contribution is 2.33. The first-order chi connectivity index (χ1) is 14.9. The van der Waals surface area contributed by atoms with Crippen LogP contribution in [0, 0.1) is 17.1 Å². The highest BCUT2D eigenvalue weighted by Gasteiger charge is 2.27. The van der Waals surface area contributed by atoms with Gasteiger partial charge >= 0.3 is 6.09 Å². The van der Waals surface area contributed by atoms with Gasteiger partial charge in [-0.25, -0.2) is 19.2 Å². The fourth-order valence-corrected chi connectivity index (χ4v) is 3.40. The summed E-state index contributed by atoms with van der Waals surface area (Å²) in [7, 11) is 1.55. The number of ether oxygens (including phenoxy) is 2. The van der Waals surface area contributed by atoms with Crippen LogP contribution in [0.2, 0.25) is 0 Å². The highest BCUT2D eigenvalue weighted by atomic mass is 19.1. The number of nitriles is 1. The number of anilines is 1. The van der Waals surface area contributed by atoms with E-state index in [4.69, 9.17) is 20.9 Å². The molecule has 1 aromatic carbocycles. The minimum atomic E-state index is -1.02. The minimum Gasteiger partial charge on any atom is -0.494 e. The van der Waals surface area contributed by atoms with Crippen LogP contribution in [0.15, 0.2) is 29.5 Å². The number of piperidine rings is 1. The highest BCUT2D eigenvalue weighted by molar-refractivity contribution is 5.87. The summed E-state index contributed by atoms with van der Waals surface area (Å²) in [5.41, 5.74) is 10.7. The molecule has 0 saturated carbocycles. The fourth-order valence-electron chi connectivity index (χ4n) is 3.40. The Morgan fingerprint density at radius 3 is 2.58 bits per heavy atom. The third-order valence-corrected chi connectivity index (χ3v) is 4.95. The van der Waals surface area contributed by atoms with Gasteiger partial charge in [-0.15, -0.1) is 4.99 Å². The van der Waals surface area contributed by atoms with Crippen molar-refractivity contribution in [1.82, 2.24) is 9.97 Å². The molecule has 0 bridgehead atoms. The Hall–Kier alpha value is -3.94. The monoisotopic (exact) mass is 427 g/mol. The molecule has 4 N–H and O–H groups in total. The van der Waals surface area contributed by atoms with E-state index in [1.54, 1.807) is 19.5 Å². The number of hydrogen-bond donors (Lipinski definition) is 2. The van der Waals surface area contributed by atoms with E-state index in [-0.39, 0.29) is 29.3 Å². The van der Waals surface area contributed by atoms with Crippen molar-refractivity contribution in [3.8, 4) is 11.8 Å². The number of carbonyl (C=O) groups excluding carboxylic acids is 1. The topological polar surface area (TPSA) is 153 Å². The molecule has 1 fully saturated rings. The Balaban J connectivity index is 1.73. The molecule has 0 radical (unpaired) electrons. The number of carbonyl (C=O) groups is 1. The normalized spacial score (nSPS) is 13.9. The lowest BCUT2D eigenvalue weighted by Crippen LogP contribution is -2.34. The molecule has 0 spiro atoms. The van der Waals surface area contributed by atoms with E-state index in [1.807, 2.05) is 11.0 Å². The molecule has 3 rings (SSSR count). The predicted octanol–water partition coefficient (Wildman–Crippen LogP) is 1.79. The van der Waals surface area contributed by atoms with Crippen LogP contribution in [0.5, 0.6) is 5.75 Å². The molecule has 1 aromatic heterocycles. The van der Waals surface area contributed by atoms with Crippen LogP contribution in [0.25, 0.3) is 0 Å². The summed E-state index contributed by atoms with van der Waals surface area (Å²) < 4.78 is 25.2. The molecule has 11 heteroatoms. The van der Waals surface area contributed by atoms with Crippen molar-refractivity contribution in [3.63, 3.8) is 0 Å². The number of rotatable bonds is 5. The molecule has 0 unspecified atom stereocenters. The van der Waals surface area contributed by atoms with Gasteiger partial charge in [0.1, 0.15) is 18.5 Å². The van der Waals surface area contributed by atoms with Crippen LogP contribution in [0.1, 0.15) is 35.7 Å². The average molecular weight is 427 g/mol. The van der Waals surface area contributed by atoms with Crippen LogP contribution >= 0.6 is 0 Å². The molecule has 1 amide bonds. The first kappa shape index (κ1) is 21.8. The third kappa shape index (κ3) is 5.16.